The van der Waals surface area contributed by atoms with Crippen molar-refractivity contribution >= 4 is 17.7 Å². The second kappa shape index (κ2) is 19.7. The molecule has 15 heteroatoms. The lowest BCUT2D eigenvalue weighted by molar-refractivity contribution is -0.305. The van der Waals surface area contributed by atoms with Crippen molar-refractivity contribution in [3.05, 3.63) is 0 Å². The topological polar surface area (TPSA) is 200 Å². The Labute approximate surface area is 352 Å². The highest BCUT2D eigenvalue weighted by Gasteiger charge is 2.56. The van der Waals surface area contributed by atoms with Crippen LogP contribution in [0.15, 0.2) is 0 Å². The first-order valence-electron chi connectivity index (χ1n) is 21.9. The molecular formula is C44H77NO14. The molecule has 1 unspecified atom stereocenters. The summed E-state index contributed by atoms with van der Waals surface area (Å²) in [5.41, 5.74) is -4.29. The predicted molar refractivity (Wildman–Crippen MR) is 217 cm³/mol. The van der Waals surface area contributed by atoms with Gasteiger partial charge in [0, 0.05) is 51.0 Å². The number of methoxy groups -OCH3 is 2. The molecule has 3 saturated heterocycles. The number of Topliss-reactive ketones (excluding diaryl/α,β-unsaturated/α-hetero) is 1. The minimum absolute atomic E-state index is 0.104. The minimum Gasteiger partial charge on any atom is -0.466 e. The molecule has 1 aliphatic carbocycles. The van der Waals surface area contributed by atoms with Crippen LogP contribution in [0.1, 0.15) is 108 Å². The molecule has 0 aromatic heterocycles. The highest BCUT2D eigenvalue weighted by Crippen LogP contribution is 2.46. The quantitative estimate of drug-likeness (QED) is 0.221. The summed E-state index contributed by atoms with van der Waals surface area (Å²) in [5, 5.41) is 46.6. The monoisotopic (exact) mass is 844 g/mol. The first-order chi connectivity index (χ1) is 27.4. The normalized spacial score (nSPS) is 47.9. The van der Waals surface area contributed by atoms with Crippen molar-refractivity contribution in [2.24, 2.45) is 41.4 Å². The number of aliphatic hydroxyl groups excluding tert-OH is 3. The van der Waals surface area contributed by atoms with Crippen molar-refractivity contribution in [3.8, 4) is 0 Å². The Hall–Kier alpha value is -1.79. The van der Waals surface area contributed by atoms with Gasteiger partial charge in [-0.05, 0) is 86.1 Å². The minimum atomic E-state index is -1.97. The lowest BCUT2D eigenvalue weighted by atomic mass is 9.67. The summed E-state index contributed by atoms with van der Waals surface area (Å²) in [6.45, 7) is 20.0. The first kappa shape index (κ1) is 49.9. The third-order valence-corrected chi connectivity index (χ3v) is 14.6. The molecule has 4 aliphatic rings. The van der Waals surface area contributed by atoms with Crippen molar-refractivity contribution in [2.45, 2.75) is 186 Å². The van der Waals surface area contributed by atoms with Crippen LogP contribution in [-0.2, 0) is 47.5 Å². The van der Waals surface area contributed by atoms with Gasteiger partial charge in [-0.15, -0.1) is 0 Å². The molecule has 4 fully saturated rings. The summed E-state index contributed by atoms with van der Waals surface area (Å²) >= 11 is 0. The Morgan fingerprint density at radius 3 is 2.08 bits per heavy atom. The van der Waals surface area contributed by atoms with Crippen molar-refractivity contribution < 1.29 is 68.0 Å². The number of likely N-dealkylation sites (N-methyl/N-ethyl adjacent to an activating group) is 1. The highest BCUT2D eigenvalue weighted by molar-refractivity contribution is 5.83. The number of rotatable bonds is 11. The average molecular weight is 844 g/mol. The number of carbonyl (C=O) groups excluding carboxylic acids is 3. The molecule has 0 radical (unpaired) electrons. The van der Waals surface area contributed by atoms with Gasteiger partial charge in [0.1, 0.15) is 29.7 Å². The van der Waals surface area contributed by atoms with Crippen LogP contribution in [0, 0.1) is 41.4 Å². The van der Waals surface area contributed by atoms with Gasteiger partial charge in [0.05, 0.1) is 60.2 Å². The molecule has 0 bridgehead atoms. The van der Waals surface area contributed by atoms with E-state index in [-0.39, 0.29) is 49.0 Å². The zero-order valence-corrected chi connectivity index (χ0v) is 38.1. The summed E-state index contributed by atoms with van der Waals surface area (Å²) in [4.78, 5) is 43.1. The van der Waals surface area contributed by atoms with Gasteiger partial charge < -0.3 is 58.5 Å². The van der Waals surface area contributed by atoms with Crippen molar-refractivity contribution in [2.75, 3.05) is 34.4 Å². The summed E-state index contributed by atoms with van der Waals surface area (Å²) in [5.74, 6) is -5.25. The molecule has 15 nitrogen and oxygen atoms in total. The number of carbonyl (C=O) groups is 3. The van der Waals surface area contributed by atoms with E-state index in [2.05, 4.69) is 4.90 Å². The zero-order chi connectivity index (χ0) is 44.5. The van der Waals surface area contributed by atoms with Crippen LogP contribution in [0.3, 0.4) is 0 Å². The van der Waals surface area contributed by atoms with Crippen LogP contribution in [0.4, 0.5) is 0 Å². The predicted octanol–water partition coefficient (Wildman–Crippen LogP) is 3.28. The molecule has 4 N–H and O–H groups in total. The Morgan fingerprint density at radius 1 is 0.881 bits per heavy atom. The fourth-order valence-corrected chi connectivity index (χ4v) is 10.5. The fourth-order valence-electron chi connectivity index (χ4n) is 10.5. The summed E-state index contributed by atoms with van der Waals surface area (Å²) in [6.07, 6.45) is -7.02. The molecule has 3 aliphatic heterocycles. The third kappa shape index (κ3) is 10.5. The Balaban J connectivity index is 1.82. The van der Waals surface area contributed by atoms with E-state index < -0.39 is 107 Å². The third-order valence-electron chi connectivity index (χ3n) is 14.6. The lowest BCUT2D eigenvalue weighted by Gasteiger charge is -2.52. The maximum absolute atomic E-state index is 14.5. The van der Waals surface area contributed by atoms with Crippen LogP contribution in [0.2, 0.25) is 0 Å². The number of hydrogen-bond acceptors (Lipinski definition) is 15. The van der Waals surface area contributed by atoms with Crippen LogP contribution >= 0.6 is 0 Å². The molecule has 59 heavy (non-hydrogen) atoms. The number of nitrogens with zero attached hydrogens (tertiary/aromatic N) is 1. The Morgan fingerprint density at radius 2 is 1.51 bits per heavy atom. The van der Waals surface area contributed by atoms with Gasteiger partial charge in [-0.2, -0.15) is 0 Å². The van der Waals surface area contributed by atoms with E-state index >= 15 is 0 Å². The van der Waals surface area contributed by atoms with Crippen LogP contribution < -0.4 is 0 Å². The second-order valence-electron chi connectivity index (χ2n) is 19.0. The van der Waals surface area contributed by atoms with Crippen LogP contribution in [-0.4, -0.2) is 155 Å². The smallest absolute Gasteiger partial charge is 0.309 e. The second-order valence-corrected chi connectivity index (χ2v) is 19.0. The molecule has 3 heterocycles. The Kier molecular flexibility index (Phi) is 16.7. The maximum atomic E-state index is 14.5. The maximum Gasteiger partial charge on any atom is 0.309 e. The fraction of sp³-hybridized carbons (Fsp3) is 0.932. The highest BCUT2D eigenvalue weighted by atomic mass is 16.7. The summed E-state index contributed by atoms with van der Waals surface area (Å²) in [7, 11) is 4.97. The molecule has 1 saturated carbocycles. The molecule has 4 rings (SSSR count). The van der Waals surface area contributed by atoms with E-state index in [0.717, 1.165) is 6.42 Å². The zero-order valence-electron chi connectivity index (χ0n) is 38.1. The first-order valence-corrected chi connectivity index (χ1v) is 21.9. The largest absolute Gasteiger partial charge is 0.466 e. The number of esters is 2. The number of hydrogen-bond donors (Lipinski definition) is 4. The van der Waals surface area contributed by atoms with Crippen LogP contribution in [0.5, 0.6) is 0 Å². The van der Waals surface area contributed by atoms with Crippen molar-refractivity contribution in [1.82, 2.24) is 4.90 Å². The van der Waals surface area contributed by atoms with Gasteiger partial charge >= 0.3 is 11.9 Å². The van der Waals surface area contributed by atoms with Gasteiger partial charge in [-0.25, -0.2) is 0 Å². The lowest BCUT2D eigenvalue weighted by Crippen LogP contribution is -2.62. The van der Waals surface area contributed by atoms with Crippen molar-refractivity contribution in [3.63, 3.8) is 0 Å². The van der Waals surface area contributed by atoms with Crippen LogP contribution in [0.25, 0.3) is 0 Å². The van der Waals surface area contributed by atoms with E-state index in [9.17, 15) is 34.8 Å². The van der Waals surface area contributed by atoms with E-state index in [1.807, 2.05) is 27.8 Å². The number of cyclic esters (lactones) is 1. The van der Waals surface area contributed by atoms with E-state index in [1.165, 1.54) is 21.1 Å². The van der Waals surface area contributed by atoms with E-state index in [1.54, 1.807) is 48.5 Å². The van der Waals surface area contributed by atoms with Gasteiger partial charge in [-0.3, -0.25) is 14.4 Å². The molecule has 0 amide bonds. The molecule has 20 atom stereocenters. The van der Waals surface area contributed by atoms with Crippen molar-refractivity contribution in [1.29, 1.82) is 0 Å². The van der Waals surface area contributed by atoms with Gasteiger partial charge in [0.2, 0.25) is 0 Å². The number of aliphatic hydroxyl groups is 4. The molecular weight excluding hydrogens is 766 g/mol. The van der Waals surface area contributed by atoms with Gasteiger partial charge in [-0.1, -0.05) is 34.6 Å². The number of ether oxygens (including phenoxy) is 7. The summed E-state index contributed by atoms with van der Waals surface area (Å²) < 4.78 is 43.6. The van der Waals surface area contributed by atoms with E-state index in [4.69, 9.17) is 33.2 Å². The van der Waals surface area contributed by atoms with Gasteiger partial charge in [0.25, 0.3) is 0 Å². The van der Waals surface area contributed by atoms with E-state index in [0.29, 0.717) is 19.6 Å². The molecule has 0 spiro atoms. The van der Waals surface area contributed by atoms with Gasteiger partial charge in [0.15, 0.2) is 6.29 Å². The SMILES string of the molecule is CCOC(=O)[C@@H]1C[C@H]1CN(C)[C@H]1C[C@@H](C)O[C@@H](O[C@@H]2[C@@H](C)[C@H](C3C[C@@](C)(OC)[C@@H](O)[C@H](C)O3)[C@@H](C)C(=O)O[C@H](CC)[C@@](C)(O)[C@H](O)[C@@H](C)C(=O)[C@H](C)C[C@@]2(C)OC)[C@@H]1O. The molecule has 0 aromatic rings. The molecule has 342 valence electrons. The molecule has 0 aromatic carbocycles. The Bertz CT molecular complexity index is 1430. The standard InChI is InChI=1S/C44H77NO14/c1-15-32-44(11,52)36(48)26(7)34(46)22(3)19-43(10,54-14)38(24(5)33(25(6)39(50)58-32)31-20-42(9,53-13)37(49)27(8)57-31)59-41-35(47)30(17-23(4)56-41)45(12)21-28-18-29(28)40(51)55-16-2/h22-33,35-38,41,47-49,52H,15-21H2,1-14H3/t22-,23-,24+,25-,26+,27+,28+,29-,30+,31?,32-,33+,35-,36-,37+,38-,41+,42-,43-,44-/m1/s1. The average Bonchev–Trinajstić information content (AvgIpc) is 3.96. The summed E-state index contributed by atoms with van der Waals surface area (Å²) in [6, 6.07) is -0.396. The number of ketones is 1.